The van der Waals surface area contributed by atoms with Crippen LogP contribution in [0.2, 0.25) is 0 Å². The first-order valence-corrected chi connectivity index (χ1v) is 8.30. The maximum absolute atomic E-state index is 13.3. The van der Waals surface area contributed by atoms with Crippen LogP contribution in [0.3, 0.4) is 0 Å². The van der Waals surface area contributed by atoms with Gasteiger partial charge in [0.1, 0.15) is 5.82 Å². The number of hydrogen-bond donors (Lipinski definition) is 1. The lowest BCUT2D eigenvalue weighted by Crippen LogP contribution is -2.00. The molecule has 1 nitrogen and oxygen atoms in total. The highest BCUT2D eigenvalue weighted by Crippen LogP contribution is 2.33. The minimum atomic E-state index is -0.236. The average molecular weight is 458 g/mol. The number of hydrogen-bond acceptors (Lipinski definition) is 2. The summed E-state index contributed by atoms with van der Waals surface area (Å²) in [4.78, 5) is 1.20. The summed E-state index contributed by atoms with van der Waals surface area (Å²) < 4.78 is 15.9. The van der Waals surface area contributed by atoms with E-state index >= 15 is 0 Å². The van der Waals surface area contributed by atoms with Gasteiger partial charge in [-0.2, -0.15) is 0 Å². The molecular formula is C12H9Br3FNS. The van der Waals surface area contributed by atoms with Gasteiger partial charge in [-0.3, -0.25) is 0 Å². The fourth-order valence-corrected chi connectivity index (χ4v) is 3.96. The van der Waals surface area contributed by atoms with Gasteiger partial charge in [0.2, 0.25) is 0 Å². The van der Waals surface area contributed by atoms with E-state index in [4.69, 9.17) is 0 Å². The van der Waals surface area contributed by atoms with Crippen molar-refractivity contribution in [1.82, 2.24) is 0 Å². The van der Waals surface area contributed by atoms with Crippen LogP contribution in [-0.2, 0) is 6.54 Å². The van der Waals surface area contributed by atoms with E-state index in [0.717, 1.165) is 19.5 Å². The largest absolute Gasteiger partial charge is 0.380 e. The van der Waals surface area contributed by atoms with Gasteiger partial charge in [0.25, 0.3) is 0 Å². The minimum Gasteiger partial charge on any atom is -0.380 e. The lowest BCUT2D eigenvalue weighted by molar-refractivity contribution is 0.620. The number of aryl methyl sites for hydroxylation is 1. The van der Waals surface area contributed by atoms with Crippen molar-refractivity contribution in [2.24, 2.45) is 0 Å². The Bertz CT molecular complexity index is 563. The van der Waals surface area contributed by atoms with Crippen LogP contribution in [0, 0.1) is 12.7 Å². The van der Waals surface area contributed by atoms with Crippen LogP contribution in [0.25, 0.3) is 0 Å². The minimum absolute atomic E-state index is 0.236. The molecule has 0 radical (unpaired) electrons. The molecular weight excluding hydrogens is 449 g/mol. The molecule has 2 rings (SSSR count). The highest BCUT2D eigenvalue weighted by Gasteiger charge is 2.07. The first-order valence-electron chi connectivity index (χ1n) is 5.10. The number of anilines is 1. The molecule has 0 spiro atoms. The normalized spacial score (nSPS) is 10.7. The van der Waals surface area contributed by atoms with Gasteiger partial charge in [-0.1, -0.05) is 0 Å². The van der Waals surface area contributed by atoms with Crippen LogP contribution in [-0.4, -0.2) is 0 Å². The van der Waals surface area contributed by atoms with Crippen LogP contribution >= 0.6 is 59.1 Å². The summed E-state index contributed by atoms with van der Waals surface area (Å²) in [6, 6.07) is 5.35. The molecule has 0 aliphatic rings. The van der Waals surface area contributed by atoms with Gasteiger partial charge >= 0.3 is 0 Å². The van der Waals surface area contributed by atoms with Crippen molar-refractivity contribution in [3.8, 4) is 0 Å². The number of benzene rings is 1. The molecule has 1 heterocycles. The second-order valence-corrected chi connectivity index (χ2v) is 7.93. The van der Waals surface area contributed by atoms with Crippen molar-refractivity contribution in [2.45, 2.75) is 13.5 Å². The van der Waals surface area contributed by atoms with Gasteiger partial charge in [0.15, 0.2) is 0 Å². The predicted molar refractivity (Wildman–Crippen MR) is 85.9 cm³/mol. The molecule has 1 aromatic carbocycles. The Balaban J connectivity index is 2.13. The fourth-order valence-electron chi connectivity index (χ4n) is 1.50. The summed E-state index contributed by atoms with van der Waals surface area (Å²) in [7, 11) is 0. The van der Waals surface area contributed by atoms with Gasteiger partial charge in [0, 0.05) is 21.6 Å². The highest BCUT2D eigenvalue weighted by molar-refractivity contribution is 9.13. The van der Waals surface area contributed by atoms with Gasteiger partial charge in [0.05, 0.1) is 8.26 Å². The molecule has 1 aromatic heterocycles. The Morgan fingerprint density at radius 3 is 2.50 bits per heavy atom. The molecule has 0 atom stereocenters. The molecule has 0 saturated heterocycles. The van der Waals surface area contributed by atoms with Crippen molar-refractivity contribution in [3.05, 3.63) is 47.2 Å². The summed E-state index contributed by atoms with van der Waals surface area (Å²) in [5, 5.41) is 3.31. The topological polar surface area (TPSA) is 12.0 Å². The molecule has 96 valence electrons. The van der Waals surface area contributed by atoms with Gasteiger partial charge in [-0.05, 0) is 78.5 Å². The SMILES string of the molecule is Cc1cc(F)c(Br)cc1NCc1cc(Br)c(Br)s1. The van der Waals surface area contributed by atoms with Crippen molar-refractivity contribution < 1.29 is 4.39 Å². The lowest BCUT2D eigenvalue weighted by atomic mass is 10.2. The van der Waals surface area contributed by atoms with E-state index in [2.05, 4.69) is 59.2 Å². The number of thiophene rings is 1. The Hall–Kier alpha value is 0.0900. The second kappa shape index (κ2) is 6.03. The van der Waals surface area contributed by atoms with Gasteiger partial charge in [-0.25, -0.2) is 4.39 Å². The summed E-state index contributed by atoms with van der Waals surface area (Å²) in [5.41, 5.74) is 1.83. The first-order chi connectivity index (χ1) is 8.47. The van der Waals surface area contributed by atoms with Crippen LogP contribution in [0.4, 0.5) is 10.1 Å². The van der Waals surface area contributed by atoms with Crippen LogP contribution in [0.1, 0.15) is 10.4 Å². The quantitative estimate of drug-likeness (QED) is 0.587. The number of nitrogens with one attached hydrogen (secondary N) is 1. The van der Waals surface area contributed by atoms with E-state index < -0.39 is 0 Å². The molecule has 0 unspecified atom stereocenters. The predicted octanol–water partition coefficient (Wildman–Crippen LogP) is 6.10. The molecule has 1 N–H and O–H groups in total. The Kier molecular flexibility index (Phi) is 4.86. The lowest BCUT2D eigenvalue weighted by Gasteiger charge is -2.09. The van der Waals surface area contributed by atoms with Crippen molar-refractivity contribution >= 4 is 64.8 Å². The van der Waals surface area contributed by atoms with Crippen molar-refractivity contribution in [1.29, 1.82) is 0 Å². The van der Waals surface area contributed by atoms with E-state index in [1.807, 2.05) is 6.92 Å². The zero-order chi connectivity index (χ0) is 13.3. The molecule has 0 amide bonds. The zero-order valence-electron chi connectivity index (χ0n) is 9.36. The van der Waals surface area contributed by atoms with Crippen molar-refractivity contribution in [3.63, 3.8) is 0 Å². The maximum Gasteiger partial charge on any atom is 0.137 e. The third-order valence-corrected chi connectivity index (χ3v) is 6.28. The maximum atomic E-state index is 13.3. The molecule has 0 fully saturated rings. The van der Waals surface area contributed by atoms with Gasteiger partial charge < -0.3 is 5.32 Å². The molecule has 6 heteroatoms. The summed E-state index contributed by atoms with van der Waals surface area (Å²) in [5.74, 6) is -0.236. The Labute approximate surface area is 134 Å². The van der Waals surface area contributed by atoms with E-state index in [9.17, 15) is 4.39 Å². The molecule has 18 heavy (non-hydrogen) atoms. The summed E-state index contributed by atoms with van der Waals surface area (Å²) in [6.45, 7) is 2.60. The third-order valence-electron chi connectivity index (χ3n) is 2.42. The summed E-state index contributed by atoms with van der Waals surface area (Å²) in [6.07, 6.45) is 0. The molecule has 0 bridgehead atoms. The smallest absolute Gasteiger partial charge is 0.137 e. The Morgan fingerprint density at radius 1 is 1.17 bits per heavy atom. The molecule has 2 aromatic rings. The number of rotatable bonds is 3. The van der Waals surface area contributed by atoms with Crippen LogP contribution in [0.15, 0.2) is 30.9 Å². The highest BCUT2D eigenvalue weighted by atomic mass is 79.9. The van der Waals surface area contributed by atoms with E-state index in [1.165, 1.54) is 10.9 Å². The standard InChI is InChI=1S/C12H9Br3FNS/c1-6-2-10(16)8(13)4-11(6)17-5-7-3-9(14)12(15)18-7/h2-4,17H,5H2,1H3. The van der Waals surface area contributed by atoms with Crippen LogP contribution < -0.4 is 5.32 Å². The van der Waals surface area contributed by atoms with Gasteiger partial charge in [-0.15, -0.1) is 11.3 Å². The monoisotopic (exact) mass is 455 g/mol. The third kappa shape index (κ3) is 3.35. The van der Waals surface area contributed by atoms with Crippen molar-refractivity contribution in [2.75, 3.05) is 5.32 Å². The average Bonchev–Trinajstić information content (AvgIpc) is 2.62. The van der Waals surface area contributed by atoms with E-state index in [1.54, 1.807) is 17.4 Å². The second-order valence-electron chi connectivity index (χ2n) is 3.77. The zero-order valence-corrected chi connectivity index (χ0v) is 14.9. The van der Waals surface area contributed by atoms with E-state index in [0.29, 0.717) is 11.0 Å². The first kappa shape index (κ1) is 14.5. The Morgan fingerprint density at radius 2 is 1.89 bits per heavy atom. The van der Waals surface area contributed by atoms with E-state index in [-0.39, 0.29) is 5.82 Å². The number of halogens is 4. The molecule has 0 saturated carbocycles. The van der Waals surface area contributed by atoms with Crippen LogP contribution in [0.5, 0.6) is 0 Å². The molecule has 0 aliphatic heterocycles. The molecule has 0 aliphatic carbocycles. The summed E-state index contributed by atoms with van der Waals surface area (Å²) >= 11 is 11.8. The fraction of sp³-hybridized carbons (Fsp3) is 0.167.